The number of benzene rings is 2. The Morgan fingerprint density at radius 1 is 1.10 bits per heavy atom. The average molecular weight is 316 g/mol. The number of hydrogen-bond donors (Lipinski definition) is 1. The molecule has 2 aromatic carbocycles. The van der Waals surface area contributed by atoms with E-state index >= 15 is 0 Å². The average Bonchev–Trinajstić information content (AvgIpc) is 2.43. The highest BCUT2D eigenvalue weighted by Crippen LogP contribution is 2.30. The van der Waals surface area contributed by atoms with Crippen molar-refractivity contribution in [1.29, 1.82) is 0 Å². The standard InChI is InChI=1S/C15H13ClF3NO/c16-11-5-3-6-12(17)10(11)8-13(20)9-4-1-2-7-14(9)21-15(18)19/h1-7,13,15H,8,20H2. The molecule has 6 heteroatoms. The van der Waals surface area contributed by atoms with Crippen LogP contribution in [0.2, 0.25) is 5.02 Å². The summed E-state index contributed by atoms with van der Waals surface area (Å²) in [6, 6.07) is 9.76. The first kappa shape index (κ1) is 15.7. The molecule has 0 bridgehead atoms. The molecule has 0 spiro atoms. The molecule has 0 aliphatic heterocycles. The predicted octanol–water partition coefficient (Wildman–Crippen LogP) is 4.32. The Morgan fingerprint density at radius 3 is 2.48 bits per heavy atom. The number of rotatable bonds is 5. The summed E-state index contributed by atoms with van der Waals surface area (Å²) in [6.45, 7) is -2.95. The zero-order chi connectivity index (χ0) is 15.4. The van der Waals surface area contributed by atoms with Gasteiger partial charge in [0, 0.05) is 22.2 Å². The zero-order valence-corrected chi connectivity index (χ0v) is 11.7. The van der Waals surface area contributed by atoms with Crippen LogP contribution in [0.5, 0.6) is 5.75 Å². The summed E-state index contributed by atoms with van der Waals surface area (Å²) >= 11 is 5.94. The van der Waals surface area contributed by atoms with Gasteiger partial charge in [-0.25, -0.2) is 4.39 Å². The molecule has 0 aliphatic rings. The van der Waals surface area contributed by atoms with Gasteiger partial charge in [0.15, 0.2) is 0 Å². The number of nitrogens with two attached hydrogens (primary N) is 1. The van der Waals surface area contributed by atoms with Crippen LogP contribution >= 0.6 is 11.6 Å². The van der Waals surface area contributed by atoms with Crippen molar-refractivity contribution in [2.45, 2.75) is 19.1 Å². The molecule has 0 amide bonds. The van der Waals surface area contributed by atoms with Gasteiger partial charge in [-0.2, -0.15) is 8.78 Å². The third-order valence-corrected chi connectivity index (χ3v) is 3.37. The third kappa shape index (κ3) is 3.89. The summed E-state index contributed by atoms with van der Waals surface area (Å²) in [5, 5.41) is 0.248. The monoisotopic (exact) mass is 315 g/mol. The molecule has 0 radical (unpaired) electrons. The molecule has 0 aliphatic carbocycles. The van der Waals surface area contributed by atoms with E-state index in [4.69, 9.17) is 17.3 Å². The molecule has 1 atom stereocenters. The predicted molar refractivity (Wildman–Crippen MR) is 75.1 cm³/mol. The summed E-state index contributed by atoms with van der Waals surface area (Å²) in [7, 11) is 0. The molecule has 2 nitrogen and oxygen atoms in total. The molecule has 0 saturated carbocycles. The van der Waals surface area contributed by atoms with Crippen molar-refractivity contribution >= 4 is 11.6 Å². The van der Waals surface area contributed by atoms with E-state index in [9.17, 15) is 13.2 Å². The normalized spacial score (nSPS) is 12.5. The van der Waals surface area contributed by atoms with Crippen molar-refractivity contribution in [1.82, 2.24) is 0 Å². The van der Waals surface area contributed by atoms with Crippen LogP contribution in [0.3, 0.4) is 0 Å². The lowest BCUT2D eigenvalue weighted by Crippen LogP contribution is -2.16. The van der Waals surface area contributed by atoms with E-state index in [1.807, 2.05) is 0 Å². The van der Waals surface area contributed by atoms with Gasteiger partial charge in [-0.05, 0) is 24.6 Å². The van der Waals surface area contributed by atoms with E-state index in [1.54, 1.807) is 24.3 Å². The Bertz CT molecular complexity index is 601. The van der Waals surface area contributed by atoms with E-state index < -0.39 is 18.5 Å². The van der Waals surface area contributed by atoms with Gasteiger partial charge in [0.05, 0.1) is 0 Å². The highest BCUT2D eigenvalue weighted by Gasteiger charge is 2.18. The van der Waals surface area contributed by atoms with Gasteiger partial charge in [0.25, 0.3) is 0 Å². The molecular weight excluding hydrogens is 303 g/mol. The molecule has 0 heterocycles. The molecule has 2 rings (SSSR count). The molecule has 21 heavy (non-hydrogen) atoms. The molecule has 0 fully saturated rings. The third-order valence-electron chi connectivity index (χ3n) is 3.02. The summed E-state index contributed by atoms with van der Waals surface area (Å²) in [5.74, 6) is -0.502. The van der Waals surface area contributed by atoms with Crippen molar-refractivity contribution in [2.75, 3.05) is 0 Å². The Balaban J connectivity index is 2.26. The Kier molecular flexibility index (Phi) is 5.09. The Hall–Kier alpha value is -1.72. The van der Waals surface area contributed by atoms with Crippen LogP contribution in [0.1, 0.15) is 17.2 Å². The van der Waals surface area contributed by atoms with E-state index in [2.05, 4.69) is 4.74 Å². The lowest BCUT2D eigenvalue weighted by atomic mass is 9.98. The minimum absolute atomic E-state index is 0.0209. The van der Waals surface area contributed by atoms with Crippen molar-refractivity contribution in [3.05, 3.63) is 64.4 Å². The van der Waals surface area contributed by atoms with Gasteiger partial charge in [-0.15, -0.1) is 0 Å². The van der Waals surface area contributed by atoms with E-state index in [0.717, 1.165) is 0 Å². The number of alkyl halides is 2. The highest BCUT2D eigenvalue weighted by atomic mass is 35.5. The number of para-hydroxylation sites is 1. The minimum atomic E-state index is -2.95. The van der Waals surface area contributed by atoms with Gasteiger partial charge in [-0.1, -0.05) is 35.9 Å². The first-order valence-electron chi connectivity index (χ1n) is 6.21. The van der Waals surface area contributed by atoms with Crippen LogP contribution in [-0.4, -0.2) is 6.61 Å². The molecular formula is C15H13ClF3NO. The zero-order valence-electron chi connectivity index (χ0n) is 10.9. The van der Waals surface area contributed by atoms with Crippen molar-refractivity contribution in [3.8, 4) is 5.75 Å². The molecule has 1 unspecified atom stereocenters. The second-order valence-electron chi connectivity index (χ2n) is 4.43. The molecule has 0 saturated heterocycles. The van der Waals surface area contributed by atoms with E-state index in [-0.39, 0.29) is 22.8 Å². The molecule has 0 aromatic heterocycles. The summed E-state index contributed by atoms with van der Waals surface area (Å²) < 4.78 is 42.9. The van der Waals surface area contributed by atoms with Gasteiger partial charge in [-0.3, -0.25) is 0 Å². The fraction of sp³-hybridized carbons (Fsp3) is 0.200. The molecule has 2 N–H and O–H groups in total. The lowest BCUT2D eigenvalue weighted by Gasteiger charge is -2.17. The number of halogens is 4. The molecule has 2 aromatic rings. The topological polar surface area (TPSA) is 35.2 Å². The van der Waals surface area contributed by atoms with Crippen LogP contribution in [0.4, 0.5) is 13.2 Å². The maximum absolute atomic E-state index is 13.7. The summed E-state index contributed by atoms with van der Waals surface area (Å²) in [4.78, 5) is 0. The Labute approximate surface area is 125 Å². The summed E-state index contributed by atoms with van der Waals surface area (Å²) in [5.41, 5.74) is 6.61. The summed E-state index contributed by atoms with van der Waals surface area (Å²) in [6.07, 6.45) is 0.0785. The van der Waals surface area contributed by atoms with Gasteiger partial charge in [0.1, 0.15) is 11.6 Å². The Morgan fingerprint density at radius 2 is 1.81 bits per heavy atom. The number of ether oxygens (including phenoxy) is 1. The molecule has 112 valence electrons. The van der Waals surface area contributed by atoms with Gasteiger partial charge >= 0.3 is 6.61 Å². The quantitative estimate of drug-likeness (QED) is 0.891. The second-order valence-corrected chi connectivity index (χ2v) is 4.83. The van der Waals surface area contributed by atoms with Crippen molar-refractivity contribution in [2.24, 2.45) is 5.73 Å². The number of hydrogen-bond acceptors (Lipinski definition) is 2. The fourth-order valence-corrected chi connectivity index (χ4v) is 2.29. The van der Waals surface area contributed by atoms with Crippen LogP contribution in [0, 0.1) is 5.82 Å². The van der Waals surface area contributed by atoms with Crippen molar-refractivity contribution < 1.29 is 17.9 Å². The van der Waals surface area contributed by atoms with E-state index in [0.29, 0.717) is 5.56 Å². The van der Waals surface area contributed by atoms with Gasteiger partial charge in [0.2, 0.25) is 0 Å². The maximum Gasteiger partial charge on any atom is 0.387 e. The van der Waals surface area contributed by atoms with Crippen LogP contribution < -0.4 is 10.5 Å². The van der Waals surface area contributed by atoms with Crippen molar-refractivity contribution in [3.63, 3.8) is 0 Å². The SMILES string of the molecule is NC(Cc1c(F)cccc1Cl)c1ccccc1OC(F)F. The maximum atomic E-state index is 13.7. The van der Waals surface area contributed by atoms with Gasteiger partial charge < -0.3 is 10.5 Å². The van der Waals surface area contributed by atoms with Crippen LogP contribution in [-0.2, 0) is 6.42 Å². The van der Waals surface area contributed by atoms with E-state index in [1.165, 1.54) is 18.2 Å². The lowest BCUT2D eigenvalue weighted by molar-refractivity contribution is -0.0506. The highest BCUT2D eigenvalue weighted by molar-refractivity contribution is 6.31. The minimum Gasteiger partial charge on any atom is -0.434 e. The first-order valence-corrected chi connectivity index (χ1v) is 6.59. The van der Waals surface area contributed by atoms with Crippen LogP contribution in [0.15, 0.2) is 42.5 Å². The smallest absolute Gasteiger partial charge is 0.387 e. The largest absolute Gasteiger partial charge is 0.434 e. The first-order chi connectivity index (χ1) is 9.99. The fourth-order valence-electron chi connectivity index (χ4n) is 2.05. The second kappa shape index (κ2) is 6.83. The van der Waals surface area contributed by atoms with Crippen LogP contribution in [0.25, 0.3) is 0 Å².